The van der Waals surface area contributed by atoms with E-state index in [1.807, 2.05) is 37.3 Å². The summed E-state index contributed by atoms with van der Waals surface area (Å²) < 4.78 is 0. The summed E-state index contributed by atoms with van der Waals surface area (Å²) in [4.78, 5) is 40.4. The lowest BCUT2D eigenvalue weighted by molar-refractivity contribution is -0.143. The molecule has 2 bridgehead atoms. The summed E-state index contributed by atoms with van der Waals surface area (Å²) in [6.07, 6.45) is 1.91. The van der Waals surface area contributed by atoms with E-state index in [2.05, 4.69) is 19.3 Å². The molecular formula is C24H24N2O3S. The number of hydrogen-bond acceptors (Lipinski definition) is 4. The number of benzene rings is 1. The van der Waals surface area contributed by atoms with Crippen LogP contribution in [0.3, 0.4) is 0 Å². The lowest BCUT2D eigenvalue weighted by Crippen LogP contribution is -2.47. The van der Waals surface area contributed by atoms with Crippen LogP contribution in [-0.2, 0) is 9.59 Å². The first-order chi connectivity index (χ1) is 14.4. The number of rotatable bonds is 3. The summed E-state index contributed by atoms with van der Waals surface area (Å²) >= 11 is 1.49. The molecular weight excluding hydrogens is 396 g/mol. The molecule has 2 aromatic rings. The average molecular weight is 421 g/mol. The third kappa shape index (κ3) is 2.63. The fourth-order valence-electron chi connectivity index (χ4n) is 5.85. The Morgan fingerprint density at radius 1 is 1.03 bits per heavy atom. The van der Waals surface area contributed by atoms with E-state index in [0.717, 1.165) is 33.9 Å². The standard InChI is InChI=1S/C24H24N2O3S/c1-12(2)18-15-9-10-16(18)21-20(15)23(28)26(24(21)29)25-22(27)17-11-30-13(3)19(17)14-7-5-4-6-8-14/h4-8,11,15-16,20-21H,9-10H2,1-3H3,(H,25,27)/t15-,16-,20-,21-/m0/s1. The second-order valence-electron chi connectivity index (χ2n) is 8.70. The molecule has 1 aromatic heterocycles. The molecule has 3 fully saturated rings. The molecule has 3 amide bonds. The molecule has 5 rings (SSSR count). The second-order valence-corrected chi connectivity index (χ2v) is 9.78. The molecule has 1 aliphatic heterocycles. The highest BCUT2D eigenvalue weighted by Gasteiger charge is 2.63. The molecule has 1 N–H and O–H groups in total. The lowest BCUT2D eigenvalue weighted by Gasteiger charge is -2.19. The Morgan fingerprint density at radius 3 is 2.20 bits per heavy atom. The highest BCUT2D eigenvalue weighted by atomic mass is 32.1. The summed E-state index contributed by atoms with van der Waals surface area (Å²) in [5.74, 6) is -1.26. The quantitative estimate of drug-likeness (QED) is 0.593. The van der Waals surface area contributed by atoms with Crippen molar-refractivity contribution >= 4 is 29.1 Å². The fraction of sp³-hybridized carbons (Fsp3) is 0.375. The Morgan fingerprint density at radius 2 is 1.63 bits per heavy atom. The van der Waals surface area contributed by atoms with Crippen LogP contribution >= 0.6 is 11.3 Å². The molecule has 4 atom stereocenters. The summed E-state index contributed by atoms with van der Waals surface area (Å²) in [6, 6.07) is 9.71. The molecule has 0 radical (unpaired) electrons. The number of allylic oxidation sites excluding steroid dienone is 2. The number of carbonyl (C=O) groups is 3. The minimum Gasteiger partial charge on any atom is -0.272 e. The van der Waals surface area contributed by atoms with Crippen LogP contribution in [0.25, 0.3) is 11.1 Å². The molecule has 6 heteroatoms. The van der Waals surface area contributed by atoms with Gasteiger partial charge in [0.25, 0.3) is 17.7 Å². The minimum atomic E-state index is -0.408. The van der Waals surface area contributed by atoms with Crippen LogP contribution in [0, 0.1) is 30.6 Å². The topological polar surface area (TPSA) is 66.5 Å². The normalized spacial score (nSPS) is 27.0. The molecule has 2 saturated carbocycles. The van der Waals surface area contributed by atoms with Crippen molar-refractivity contribution in [2.75, 3.05) is 0 Å². The van der Waals surface area contributed by atoms with Gasteiger partial charge in [-0.15, -0.1) is 11.3 Å². The number of fused-ring (bicyclic) bond motifs is 5. The van der Waals surface area contributed by atoms with E-state index in [4.69, 9.17) is 0 Å². The molecule has 1 aromatic carbocycles. The van der Waals surface area contributed by atoms with Crippen molar-refractivity contribution < 1.29 is 14.4 Å². The van der Waals surface area contributed by atoms with Crippen molar-refractivity contribution in [2.24, 2.45) is 23.7 Å². The molecule has 5 nitrogen and oxygen atoms in total. The van der Waals surface area contributed by atoms with Crippen LogP contribution in [0.2, 0.25) is 0 Å². The van der Waals surface area contributed by atoms with Gasteiger partial charge in [-0.3, -0.25) is 19.8 Å². The van der Waals surface area contributed by atoms with Gasteiger partial charge in [-0.1, -0.05) is 41.5 Å². The van der Waals surface area contributed by atoms with E-state index in [1.54, 1.807) is 5.38 Å². The van der Waals surface area contributed by atoms with Gasteiger partial charge in [0.05, 0.1) is 17.4 Å². The average Bonchev–Trinajstić information content (AvgIpc) is 3.46. The lowest BCUT2D eigenvalue weighted by atomic mass is 9.81. The molecule has 3 aliphatic rings. The zero-order valence-electron chi connectivity index (χ0n) is 17.3. The van der Waals surface area contributed by atoms with Crippen LogP contribution in [0.1, 0.15) is 41.9 Å². The van der Waals surface area contributed by atoms with Crippen LogP contribution in [0.4, 0.5) is 0 Å². The number of thiophene rings is 1. The third-order valence-electron chi connectivity index (χ3n) is 6.93. The first-order valence-electron chi connectivity index (χ1n) is 10.4. The third-order valence-corrected chi connectivity index (χ3v) is 7.84. The van der Waals surface area contributed by atoms with Crippen molar-refractivity contribution in [3.8, 4) is 11.1 Å². The van der Waals surface area contributed by atoms with Gasteiger partial charge in [-0.25, -0.2) is 0 Å². The summed E-state index contributed by atoms with van der Waals surface area (Å²) in [5.41, 5.74) is 7.47. The van der Waals surface area contributed by atoms with Crippen molar-refractivity contribution in [1.29, 1.82) is 0 Å². The maximum atomic E-state index is 13.2. The largest absolute Gasteiger partial charge is 0.272 e. The Kier molecular flexibility index (Phi) is 4.43. The van der Waals surface area contributed by atoms with Gasteiger partial charge in [0.1, 0.15) is 0 Å². The number of imide groups is 1. The Labute approximate surface area is 179 Å². The van der Waals surface area contributed by atoms with Crippen LogP contribution < -0.4 is 5.43 Å². The molecule has 0 spiro atoms. The maximum Gasteiger partial charge on any atom is 0.271 e. The zero-order chi connectivity index (χ0) is 21.2. The Hall–Kier alpha value is -2.73. The Bertz CT molecular complexity index is 1060. The van der Waals surface area contributed by atoms with Gasteiger partial charge in [0.2, 0.25) is 0 Å². The van der Waals surface area contributed by atoms with Gasteiger partial charge in [-0.05, 0) is 51.0 Å². The van der Waals surface area contributed by atoms with Crippen molar-refractivity contribution in [3.05, 3.63) is 57.3 Å². The van der Waals surface area contributed by atoms with E-state index >= 15 is 0 Å². The van der Waals surface area contributed by atoms with E-state index in [0.29, 0.717) is 5.56 Å². The molecule has 154 valence electrons. The molecule has 2 heterocycles. The number of aryl methyl sites for hydroxylation is 1. The first-order valence-corrected chi connectivity index (χ1v) is 11.3. The summed E-state index contributed by atoms with van der Waals surface area (Å²) in [6.45, 7) is 6.11. The highest BCUT2D eigenvalue weighted by molar-refractivity contribution is 7.10. The minimum absolute atomic E-state index is 0.145. The van der Waals surface area contributed by atoms with Crippen LogP contribution in [-0.4, -0.2) is 22.7 Å². The van der Waals surface area contributed by atoms with Gasteiger partial charge in [0.15, 0.2) is 0 Å². The number of carbonyl (C=O) groups excluding carboxylic acids is 3. The van der Waals surface area contributed by atoms with Gasteiger partial charge >= 0.3 is 0 Å². The highest BCUT2D eigenvalue weighted by Crippen LogP contribution is 2.59. The number of hydrogen-bond donors (Lipinski definition) is 1. The van der Waals surface area contributed by atoms with Crippen molar-refractivity contribution in [3.63, 3.8) is 0 Å². The molecule has 2 aliphatic carbocycles. The Balaban J connectivity index is 1.43. The van der Waals surface area contributed by atoms with Gasteiger partial charge in [-0.2, -0.15) is 5.01 Å². The predicted molar refractivity (Wildman–Crippen MR) is 115 cm³/mol. The van der Waals surface area contributed by atoms with E-state index in [-0.39, 0.29) is 35.5 Å². The van der Waals surface area contributed by atoms with Gasteiger partial charge < -0.3 is 0 Å². The number of amides is 3. The molecule has 1 saturated heterocycles. The van der Waals surface area contributed by atoms with Gasteiger partial charge in [0, 0.05) is 15.8 Å². The van der Waals surface area contributed by atoms with Crippen LogP contribution in [0.15, 0.2) is 46.9 Å². The first kappa shape index (κ1) is 19.2. The molecule has 0 unspecified atom stereocenters. The van der Waals surface area contributed by atoms with E-state index in [1.165, 1.54) is 22.5 Å². The smallest absolute Gasteiger partial charge is 0.271 e. The molecule has 30 heavy (non-hydrogen) atoms. The summed E-state index contributed by atoms with van der Waals surface area (Å²) in [5, 5.41) is 2.80. The van der Waals surface area contributed by atoms with E-state index in [9.17, 15) is 14.4 Å². The number of nitrogens with zero attached hydrogens (tertiary/aromatic N) is 1. The SMILES string of the molecule is CC(C)=C1[C@@H]2CC[C@@H]1[C@@H]1C(=O)N(NC(=O)c3csc(C)c3-c3ccccc3)C(=O)[C@H]12. The van der Waals surface area contributed by atoms with Crippen molar-refractivity contribution in [2.45, 2.75) is 33.6 Å². The predicted octanol–water partition coefficient (Wildman–Crippen LogP) is 4.35. The van der Waals surface area contributed by atoms with Crippen LogP contribution in [0.5, 0.6) is 0 Å². The number of nitrogens with one attached hydrogen (secondary N) is 1. The fourth-order valence-corrected chi connectivity index (χ4v) is 6.71. The number of hydrazine groups is 1. The zero-order valence-corrected chi connectivity index (χ0v) is 18.1. The second kappa shape index (κ2) is 6.91. The summed E-state index contributed by atoms with van der Waals surface area (Å²) in [7, 11) is 0. The van der Waals surface area contributed by atoms with Crippen molar-refractivity contribution in [1.82, 2.24) is 10.4 Å². The monoisotopic (exact) mass is 420 g/mol. The maximum absolute atomic E-state index is 13.2. The van der Waals surface area contributed by atoms with E-state index < -0.39 is 5.91 Å².